The molecule has 3 rings (SSSR count). The number of hydrogen-bond acceptors (Lipinski definition) is 9. The van der Waals surface area contributed by atoms with E-state index in [-0.39, 0.29) is 43.7 Å². The molecule has 4 atom stereocenters. The molecule has 5 amide bonds. The Morgan fingerprint density at radius 3 is 2.17 bits per heavy atom. The number of benzene rings is 2. The highest BCUT2D eigenvalue weighted by Crippen LogP contribution is 2.43. The zero-order chi connectivity index (χ0) is 44.3. The average molecular weight is 839 g/mol. The number of carbonyl (C=O) groups is 5. The fourth-order valence-corrected chi connectivity index (χ4v) is 8.31. The molecular weight excluding hydrogens is 781 g/mol. The zero-order valence-electron chi connectivity index (χ0n) is 34.8. The molecule has 9 N–H and O–H groups in total. The lowest BCUT2D eigenvalue weighted by atomic mass is 9.94. The highest BCUT2D eigenvalue weighted by atomic mass is 32.2. The van der Waals surface area contributed by atoms with Crippen LogP contribution in [0, 0.1) is 26.2 Å². The molecule has 59 heavy (non-hydrogen) atoms. The van der Waals surface area contributed by atoms with Crippen molar-refractivity contribution in [2.75, 3.05) is 13.1 Å². The second kappa shape index (κ2) is 20.2. The fourth-order valence-electron chi connectivity index (χ4n) is 6.79. The lowest BCUT2D eigenvalue weighted by molar-refractivity contribution is -0.135. The topological polar surface area (TPSA) is 257 Å². The average Bonchev–Trinajstić information content (AvgIpc) is 3.50. The number of rotatable bonds is 20. The molecule has 1 aliphatic heterocycles. The maximum absolute atomic E-state index is 13.9. The Labute approximate surface area is 346 Å². The second-order valence-corrected chi connectivity index (χ2v) is 16.9. The molecule has 17 nitrogen and oxygen atoms in total. The van der Waals surface area contributed by atoms with Crippen molar-refractivity contribution < 1.29 is 42.2 Å². The van der Waals surface area contributed by atoms with Gasteiger partial charge >= 0.3 is 6.09 Å². The van der Waals surface area contributed by atoms with Gasteiger partial charge in [0, 0.05) is 25.1 Å². The maximum Gasteiger partial charge on any atom is 0.405 e. The van der Waals surface area contributed by atoms with E-state index >= 15 is 0 Å². The first-order valence-electron chi connectivity index (χ1n) is 19.2. The molecule has 0 saturated carbocycles. The summed E-state index contributed by atoms with van der Waals surface area (Å²) in [5.41, 5.74) is 0.784. The number of guanidine groups is 1. The Morgan fingerprint density at radius 2 is 1.58 bits per heavy atom. The van der Waals surface area contributed by atoms with Gasteiger partial charge in [-0.3, -0.25) is 24.6 Å². The Balaban J connectivity index is 1.78. The van der Waals surface area contributed by atoms with Crippen molar-refractivity contribution in [1.29, 1.82) is 5.41 Å². The molecule has 18 heteroatoms. The van der Waals surface area contributed by atoms with Gasteiger partial charge in [-0.2, -0.15) is 0 Å². The number of fused-ring (bicyclic) bond motifs is 1. The van der Waals surface area contributed by atoms with Crippen molar-refractivity contribution in [3.05, 3.63) is 83.5 Å². The normalized spacial score (nSPS) is 15.3. The number of carbonyl (C=O) groups excluding carboxylic acids is 4. The summed E-state index contributed by atoms with van der Waals surface area (Å²) in [5.74, 6) is -2.68. The second-order valence-electron chi connectivity index (χ2n) is 15.2. The fraction of sp³-hybridized carbons (Fsp3) is 0.463. The first-order valence-corrected chi connectivity index (χ1v) is 20.7. The van der Waals surface area contributed by atoms with Gasteiger partial charge in [0.25, 0.3) is 10.0 Å². The molecule has 0 aliphatic carbocycles. The molecule has 0 spiro atoms. The van der Waals surface area contributed by atoms with Crippen molar-refractivity contribution in [3.8, 4) is 5.75 Å². The highest BCUT2D eigenvalue weighted by molar-refractivity contribution is 7.90. The number of carboxylic acid groups (broad SMARTS) is 1. The van der Waals surface area contributed by atoms with Crippen molar-refractivity contribution in [1.82, 2.24) is 36.6 Å². The summed E-state index contributed by atoms with van der Waals surface area (Å²) in [6, 6.07) is 4.91. The monoisotopic (exact) mass is 838 g/mol. The van der Waals surface area contributed by atoms with Crippen molar-refractivity contribution in [2.45, 2.75) is 115 Å². The van der Waals surface area contributed by atoms with E-state index < -0.39 is 75.0 Å². The van der Waals surface area contributed by atoms with E-state index in [2.05, 4.69) is 49.8 Å². The minimum absolute atomic E-state index is 0.0300. The van der Waals surface area contributed by atoms with Crippen molar-refractivity contribution in [2.24, 2.45) is 0 Å². The van der Waals surface area contributed by atoms with E-state index in [4.69, 9.17) is 10.1 Å². The summed E-state index contributed by atoms with van der Waals surface area (Å²) in [7, 11) is -4.22. The van der Waals surface area contributed by atoms with Gasteiger partial charge in [0.2, 0.25) is 29.6 Å². The number of hydrogen-bond donors (Lipinski definition) is 9. The van der Waals surface area contributed by atoms with Crippen LogP contribution in [0.1, 0.15) is 87.2 Å². The Bertz CT molecular complexity index is 2060. The highest BCUT2D eigenvalue weighted by Gasteiger charge is 2.38. The first-order chi connectivity index (χ1) is 27.6. The van der Waals surface area contributed by atoms with Crippen LogP contribution in [-0.4, -0.2) is 85.5 Å². The molecule has 1 heterocycles. The third kappa shape index (κ3) is 12.3. The van der Waals surface area contributed by atoms with Gasteiger partial charge in [0.05, 0.1) is 4.90 Å². The molecule has 2 aromatic carbocycles. The Kier molecular flexibility index (Phi) is 16.2. The van der Waals surface area contributed by atoms with Gasteiger partial charge in [-0.25, -0.2) is 17.9 Å². The summed E-state index contributed by atoms with van der Waals surface area (Å²) in [4.78, 5) is 65.7. The molecule has 0 unspecified atom stereocenters. The van der Waals surface area contributed by atoms with Crippen LogP contribution in [0.15, 0.2) is 60.5 Å². The Hall–Kier alpha value is -5.91. The van der Waals surface area contributed by atoms with E-state index in [1.165, 1.54) is 19.1 Å². The summed E-state index contributed by atoms with van der Waals surface area (Å²) in [5, 5.41) is 33.3. The van der Waals surface area contributed by atoms with Crippen LogP contribution >= 0.6 is 0 Å². The minimum atomic E-state index is -4.22. The number of sulfonamides is 1. The molecule has 2 aromatic rings. The number of nitrogens with one attached hydrogen (secondary N) is 8. The van der Waals surface area contributed by atoms with E-state index in [0.717, 1.165) is 5.56 Å². The Morgan fingerprint density at radius 1 is 0.932 bits per heavy atom. The van der Waals surface area contributed by atoms with Crippen LogP contribution in [-0.2, 0) is 35.6 Å². The third-order valence-corrected chi connectivity index (χ3v) is 11.6. The van der Waals surface area contributed by atoms with E-state index in [0.29, 0.717) is 34.4 Å². The standard InChI is InChI=1S/C41H58N8O9S/c1-10-20-41(9,48-39(54)55)37(53)46-30(35(51)45-29(12-3)34(50)47-31(36(52)43-21-11-2)27-17-14-13-15-18-27)19-16-22-44-38(42)49-59(56,57)33-25(5)24(4)32-28(26(33)6)23-40(7,8)58-32/h10-11,13-15,17-18,29-31,48H,1-2,12,16,19-23H2,3-9H3,(H,43,52)(H,45,51)(H,46,53)(H,47,50)(H,54,55)(H3,42,44,49)/t29-,30-,31+,41+/m0/s1. The van der Waals surface area contributed by atoms with Gasteiger partial charge in [-0.15, -0.1) is 13.2 Å². The van der Waals surface area contributed by atoms with E-state index in [1.54, 1.807) is 58.0 Å². The molecule has 0 radical (unpaired) electrons. The molecule has 0 fully saturated rings. The van der Waals surface area contributed by atoms with E-state index in [9.17, 15) is 37.5 Å². The summed E-state index contributed by atoms with van der Waals surface area (Å²) >= 11 is 0. The zero-order valence-corrected chi connectivity index (χ0v) is 35.6. The molecule has 1 aliphatic rings. The SMILES string of the molecule is C=CCNC(=O)[C@H](NC(=O)[C@H](CC)NC(=O)[C@H](CCCNC(=N)NS(=O)(=O)c1c(C)c(C)c2c(c1C)CC(C)(C)O2)NC(=O)[C@@](C)(CC=C)NC(=O)O)c1ccccc1. The third-order valence-electron chi connectivity index (χ3n) is 9.97. The number of amides is 5. The summed E-state index contributed by atoms with van der Waals surface area (Å²) < 4.78 is 35.7. The predicted octanol–water partition coefficient (Wildman–Crippen LogP) is 3.05. The van der Waals surface area contributed by atoms with Gasteiger partial charge in [-0.05, 0) is 89.5 Å². The van der Waals surface area contributed by atoms with Crippen LogP contribution in [0.4, 0.5) is 4.79 Å². The molecule has 0 saturated heterocycles. The van der Waals surface area contributed by atoms with Gasteiger partial charge in [0.1, 0.15) is 35.0 Å². The van der Waals surface area contributed by atoms with E-state index in [1.807, 2.05) is 13.8 Å². The van der Waals surface area contributed by atoms with Crippen LogP contribution in [0.2, 0.25) is 0 Å². The van der Waals surface area contributed by atoms with Crippen LogP contribution in [0.3, 0.4) is 0 Å². The molecular formula is C41H58N8O9S. The first kappa shape index (κ1) is 47.5. The largest absolute Gasteiger partial charge is 0.487 e. The van der Waals surface area contributed by atoms with Crippen LogP contribution < -0.4 is 41.4 Å². The van der Waals surface area contributed by atoms with Gasteiger partial charge < -0.3 is 41.7 Å². The predicted molar refractivity (Wildman–Crippen MR) is 223 cm³/mol. The summed E-state index contributed by atoms with van der Waals surface area (Å²) in [6.07, 6.45) is 1.84. The maximum atomic E-state index is 13.9. The smallest absolute Gasteiger partial charge is 0.405 e. The van der Waals surface area contributed by atoms with Crippen molar-refractivity contribution in [3.63, 3.8) is 0 Å². The quantitative estimate of drug-likeness (QED) is 0.0408. The number of ether oxygens (including phenoxy) is 1. The van der Waals surface area contributed by atoms with Gasteiger partial charge in [-0.1, -0.05) is 49.4 Å². The minimum Gasteiger partial charge on any atom is -0.487 e. The van der Waals surface area contributed by atoms with Gasteiger partial charge in [0.15, 0.2) is 0 Å². The van der Waals surface area contributed by atoms with Crippen molar-refractivity contribution >= 4 is 45.7 Å². The van der Waals surface area contributed by atoms with Crippen LogP contribution in [0.25, 0.3) is 0 Å². The molecule has 0 aromatic heterocycles. The van der Waals surface area contributed by atoms with Crippen LogP contribution in [0.5, 0.6) is 5.75 Å². The lowest BCUT2D eigenvalue weighted by Gasteiger charge is -2.30. The summed E-state index contributed by atoms with van der Waals surface area (Å²) in [6.45, 7) is 19.3. The lowest BCUT2D eigenvalue weighted by Crippen LogP contribution is -2.61. The molecule has 322 valence electrons. The molecule has 0 bridgehead atoms.